The van der Waals surface area contributed by atoms with Crippen molar-refractivity contribution in [1.82, 2.24) is 10.2 Å². The largest absolute Gasteiger partial charge is 0.381 e. The lowest BCUT2D eigenvalue weighted by atomic mass is 9.81. The lowest BCUT2D eigenvalue weighted by Gasteiger charge is -2.38. The Kier molecular flexibility index (Phi) is 5.05. The number of hydrogen-bond acceptors (Lipinski definition) is 3. The predicted octanol–water partition coefficient (Wildman–Crippen LogP) is 2.12. The molecule has 106 valence electrons. The third-order valence-electron chi connectivity index (χ3n) is 4.92. The van der Waals surface area contributed by atoms with Gasteiger partial charge in [-0.3, -0.25) is 0 Å². The summed E-state index contributed by atoms with van der Waals surface area (Å²) in [6.07, 6.45) is 5.16. The summed E-state index contributed by atoms with van der Waals surface area (Å²) in [4.78, 5) is 2.47. The van der Waals surface area contributed by atoms with E-state index in [1.807, 2.05) is 0 Å². The SMILES string of the molecule is CC(NCC1(C)CCOCC1)C1CCCN(C)C1. The molecule has 2 saturated heterocycles. The molecule has 0 spiro atoms. The number of rotatable bonds is 4. The molecular weight excluding hydrogens is 224 g/mol. The summed E-state index contributed by atoms with van der Waals surface area (Å²) < 4.78 is 5.47. The molecule has 3 heteroatoms. The maximum absolute atomic E-state index is 5.47. The van der Waals surface area contributed by atoms with E-state index in [1.165, 1.54) is 38.8 Å². The summed E-state index contributed by atoms with van der Waals surface area (Å²) in [5, 5.41) is 3.80. The van der Waals surface area contributed by atoms with Gasteiger partial charge in [-0.25, -0.2) is 0 Å². The number of likely N-dealkylation sites (tertiary alicyclic amines) is 1. The first-order valence-electron chi connectivity index (χ1n) is 7.59. The summed E-state index contributed by atoms with van der Waals surface area (Å²) >= 11 is 0. The van der Waals surface area contributed by atoms with E-state index in [0.29, 0.717) is 11.5 Å². The molecule has 0 amide bonds. The van der Waals surface area contributed by atoms with Crippen molar-refractivity contribution >= 4 is 0 Å². The quantitative estimate of drug-likeness (QED) is 0.832. The van der Waals surface area contributed by atoms with Crippen LogP contribution < -0.4 is 5.32 Å². The lowest BCUT2D eigenvalue weighted by Crippen LogP contribution is -2.47. The topological polar surface area (TPSA) is 24.5 Å². The van der Waals surface area contributed by atoms with Crippen LogP contribution in [0, 0.1) is 11.3 Å². The summed E-state index contributed by atoms with van der Waals surface area (Å²) in [6, 6.07) is 0.646. The van der Waals surface area contributed by atoms with Crippen molar-refractivity contribution in [1.29, 1.82) is 0 Å². The molecule has 2 aliphatic heterocycles. The van der Waals surface area contributed by atoms with Gasteiger partial charge in [-0.2, -0.15) is 0 Å². The van der Waals surface area contributed by atoms with Crippen LogP contribution in [0.15, 0.2) is 0 Å². The minimum atomic E-state index is 0.451. The fraction of sp³-hybridized carbons (Fsp3) is 1.00. The first-order chi connectivity index (χ1) is 8.59. The molecule has 0 saturated carbocycles. The normalized spacial score (nSPS) is 31.2. The summed E-state index contributed by atoms with van der Waals surface area (Å²) in [5.74, 6) is 0.826. The van der Waals surface area contributed by atoms with Gasteiger partial charge in [-0.15, -0.1) is 0 Å². The highest BCUT2D eigenvalue weighted by Gasteiger charge is 2.29. The monoisotopic (exact) mass is 254 g/mol. The van der Waals surface area contributed by atoms with Gasteiger partial charge in [0.2, 0.25) is 0 Å². The van der Waals surface area contributed by atoms with Crippen LogP contribution in [0.1, 0.15) is 39.5 Å². The molecule has 0 aromatic rings. The molecule has 0 aromatic heterocycles. The van der Waals surface area contributed by atoms with Crippen LogP contribution in [0.5, 0.6) is 0 Å². The van der Waals surface area contributed by atoms with Crippen LogP contribution in [0.4, 0.5) is 0 Å². The van der Waals surface area contributed by atoms with E-state index in [-0.39, 0.29) is 0 Å². The average molecular weight is 254 g/mol. The van der Waals surface area contributed by atoms with E-state index in [4.69, 9.17) is 4.74 Å². The van der Waals surface area contributed by atoms with Crippen molar-refractivity contribution in [3.8, 4) is 0 Å². The molecule has 18 heavy (non-hydrogen) atoms. The zero-order valence-corrected chi connectivity index (χ0v) is 12.4. The Morgan fingerprint density at radius 3 is 2.78 bits per heavy atom. The smallest absolute Gasteiger partial charge is 0.0471 e. The zero-order valence-electron chi connectivity index (χ0n) is 12.4. The molecule has 0 aromatic carbocycles. The molecule has 0 bridgehead atoms. The van der Waals surface area contributed by atoms with Gasteiger partial charge in [0.25, 0.3) is 0 Å². The molecule has 3 nitrogen and oxygen atoms in total. The average Bonchev–Trinajstić information content (AvgIpc) is 2.37. The first kappa shape index (κ1) is 14.3. The van der Waals surface area contributed by atoms with Gasteiger partial charge in [0.15, 0.2) is 0 Å². The standard InChI is InChI=1S/C15H30N2O/c1-13(14-5-4-8-17(3)11-14)16-12-15(2)6-9-18-10-7-15/h13-14,16H,4-12H2,1-3H3. The van der Waals surface area contributed by atoms with Crippen LogP contribution >= 0.6 is 0 Å². The fourth-order valence-electron chi connectivity index (χ4n) is 3.23. The first-order valence-corrected chi connectivity index (χ1v) is 7.59. The van der Waals surface area contributed by atoms with Crippen molar-refractivity contribution in [3.05, 3.63) is 0 Å². The Bertz CT molecular complexity index is 251. The maximum Gasteiger partial charge on any atom is 0.0471 e. The van der Waals surface area contributed by atoms with Crippen LogP contribution in [0.3, 0.4) is 0 Å². The third-order valence-corrected chi connectivity index (χ3v) is 4.92. The van der Waals surface area contributed by atoms with E-state index in [0.717, 1.165) is 25.7 Å². The number of hydrogen-bond donors (Lipinski definition) is 1. The molecule has 2 aliphatic rings. The Balaban J connectivity index is 1.74. The predicted molar refractivity (Wildman–Crippen MR) is 75.8 cm³/mol. The second-order valence-electron chi connectivity index (χ2n) is 6.76. The highest BCUT2D eigenvalue weighted by atomic mass is 16.5. The van der Waals surface area contributed by atoms with Gasteiger partial charge in [0.1, 0.15) is 0 Å². The molecule has 2 unspecified atom stereocenters. The van der Waals surface area contributed by atoms with Gasteiger partial charge in [-0.05, 0) is 57.5 Å². The molecule has 2 atom stereocenters. The molecule has 1 N–H and O–H groups in total. The molecular formula is C15H30N2O. The van der Waals surface area contributed by atoms with E-state index >= 15 is 0 Å². The van der Waals surface area contributed by atoms with Crippen molar-refractivity contribution in [2.24, 2.45) is 11.3 Å². The number of nitrogens with one attached hydrogen (secondary N) is 1. The highest BCUT2D eigenvalue weighted by molar-refractivity contribution is 4.84. The number of nitrogens with zero attached hydrogens (tertiary/aromatic N) is 1. The maximum atomic E-state index is 5.47. The fourth-order valence-corrected chi connectivity index (χ4v) is 3.23. The molecule has 2 rings (SSSR count). The van der Waals surface area contributed by atoms with Gasteiger partial charge in [0, 0.05) is 32.3 Å². The van der Waals surface area contributed by atoms with Crippen LogP contribution in [0.25, 0.3) is 0 Å². The van der Waals surface area contributed by atoms with E-state index < -0.39 is 0 Å². The Hall–Kier alpha value is -0.120. The second kappa shape index (κ2) is 6.36. The van der Waals surface area contributed by atoms with Gasteiger partial charge in [-0.1, -0.05) is 6.92 Å². The second-order valence-corrected chi connectivity index (χ2v) is 6.76. The molecule has 2 heterocycles. The van der Waals surface area contributed by atoms with Gasteiger partial charge < -0.3 is 15.0 Å². The summed E-state index contributed by atoms with van der Waals surface area (Å²) in [6.45, 7) is 10.3. The summed E-state index contributed by atoms with van der Waals surface area (Å²) in [5.41, 5.74) is 0.451. The lowest BCUT2D eigenvalue weighted by molar-refractivity contribution is 0.0214. The Morgan fingerprint density at radius 1 is 1.39 bits per heavy atom. The van der Waals surface area contributed by atoms with Gasteiger partial charge >= 0.3 is 0 Å². The van der Waals surface area contributed by atoms with Crippen molar-refractivity contribution < 1.29 is 4.74 Å². The van der Waals surface area contributed by atoms with E-state index in [1.54, 1.807) is 0 Å². The zero-order chi connectivity index (χ0) is 13.0. The minimum absolute atomic E-state index is 0.451. The molecule has 0 aliphatic carbocycles. The minimum Gasteiger partial charge on any atom is -0.381 e. The Labute approximate surface area is 112 Å². The highest BCUT2D eigenvalue weighted by Crippen LogP contribution is 2.29. The van der Waals surface area contributed by atoms with Crippen molar-refractivity contribution in [2.45, 2.75) is 45.6 Å². The Morgan fingerprint density at radius 2 is 2.11 bits per heavy atom. The van der Waals surface area contributed by atoms with Crippen LogP contribution in [0.2, 0.25) is 0 Å². The van der Waals surface area contributed by atoms with Crippen molar-refractivity contribution in [2.75, 3.05) is 39.9 Å². The molecule has 2 fully saturated rings. The van der Waals surface area contributed by atoms with Crippen molar-refractivity contribution in [3.63, 3.8) is 0 Å². The van der Waals surface area contributed by atoms with Crippen LogP contribution in [-0.4, -0.2) is 50.8 Å². The van der Waals surface area contributed by atoms with E-state index in [2.05, 4.69) is 31.1 Å². The third kappa shape index (κ3) is 3.94. The summed E-state index contributed by atoms with van der Waals surface area (Å²) in [7, 11) is 2.25. The van der Waals surface area contributed by atoms with E-state index in [9.17, 15) is 0 Å². The van der Waals surface area contributed by atoms with Gasteiger partial charge in [0.05, 0.1) is 0 Å². The molecule has 0 radical (unpaired) electrons. The number of ether oxygens (including phenoxy) is 1. The number of piperidine rings is 1. The van der Waals surface area contributed by atoms with Crippen LogP contribution in [-0.2, 0) is 4.74 Å².